The molecule has 1 unspecified atom stereocenters. The molecule has 4 N–H and O–H groups in total. The number of urea groups is 1. The average molecular weight is 216 g/mol. The molecule has 6 nitrogen and oxygen atoms in total. The molecular formula is C9H16N2O4. The van der Waals surface area contributed by atoms with Crippen LogP contribution in [0.25, 0.3) is 0 Å². The van der Waals surface area contributed by atoms with Crippen LogP contribution in [0.2, 0.25) is 0 Å². The number of aliphatic carboxylic acids is 1. The number of carbonyl (C=O) groups excluding carboxylic acids is 1. The van der Waals surface area contributed by atoms with Crippen molar-refractivity contribution in [2.75, 3.05) is 6.61 Å². The fourth-order valence-corrected chi connectivity index (χ4v) is 1.59. The highest BCUT2D eigenvalue weighted by molar-refractivity contribution is 5.82. The van der Waals surface area contributed by atoms with Gasteiger partial charge in [-0.25, -0.2) is 9.59 Å². The zero-order valence-electron chi connectivity index (χ0n) is 8.56. The molecule has 0 aliphatic heterocycles. The Morgan fingerprint density at radius 2 is 2.07 bits per heavy atom. The van der Waals surface area contributed by atoms with Gasteiger partial charge in [0.2, 0.25) is 0 Å². The lowest BCUT2D eigenvalue weighted by molar-refractivity contribution is -0.140. The van der Waals surface area contributed by atoms with Crippen molar-refractivity contribution >= 4 is 12.0 Å². The van der Waals surface area contributed by atoms with E-state index in [9.17, 15) is 9.59 Å². The predicted molar refractivity (Wildman–Crippen MR) is 52.4 cm³/mol. The molecule has 1 aliphatic rings. The van der Waals surface area contributed by atoms with E-state index in [1.807, 2.05) is 0 Å². The molecule has 0 aromatic heterocycles. The fourth-order valence-electron chi connectivity index (χ4n) is 1.59. The molecule has 0 bridgehead atoms. The monoisotopic (exact) mass is 216 g/mol. The first-order chi connectivity index (χ1) is 7.02. The lowest BCUT2D eigenvalue weighted by Gasteiger charge is -2.33. The second-order valence-corrected chi connectivity index (χ2v) is 3.96. The molecular weight excluding hydrogens is 200 g/mol. The number of hydrogen-bond donors (Lipinski definition) is 4. The summed E-state index contributed by atoms with van der Waals surface area (Å²) in [7, 11) is 0. The Kier molecular flexibility index (Phi) is 3.90. The Morgan fingerprint density at radius 1 is 1.47 bits per heavy atom. The zero-order valence-corrected chi connectivity index (χ0v) is 8.56. The number of carboxylic acids is 1. The first kappa shape index (κ1) is 11.8. The van der Waals surface area contributed by atoms with E-state index in [1.165, 1.54) is 0 Å². The highest BCUT2D eigenvalue weighted by Gasteiger charge is 2.27. The van der Waals surface area contributed by atoms with Crippen molar-refractivity contribution in [3.05, 3.63) is 0 Å². The molecule has 0 heterocycles. The smallest absolute Gasteiger partial charge is 0.328 e. The van der Waals surface area contributed by atoms with Crippen LogP contribution in [0.5, 0.6) is 0 Å². The van der Waals surface area contributed by atoms with Gasteiger partial charge in [-0.05, 0) is 18.8 Å². The van der Waals surface area contributed by atoms with Crippen LogP contribution < -0.4 is 10.6 Å². The first-order valence-corrected chi connectivity index (χ1v) is 4.93. The van der Waals surface area contributed by atoms with E-state index in [1.54, 1.807) is 0 Å². The third-order valence-corrected chi connectivity index (χ3v) is 2.49. The van der Waals surface area contributed by atoms with E-state index >= 15 is 0 Å². The summed E-state index contributed by atoms with van der Waals surface area (Å²) in [6, 6.07) is -1.64. The van der Waals surface area contributed by atoms with Crippen molar-refractivity contribution in [2.24, 2.45) is 5.92 Å². The highest BCUT2D eigenvalue weighted by atomic mass is 16.4. The van der Waals surface area contributed by atoms with Crippen LogP contribution in [0.1, 0.15) is 19.8 Å². The Labute approximate surface area is 87.7 Å². The van der Waals surface area contributed by atoms with Gasteiger partial charge < -0.3 is 20.8 Å². The molecule has 6 heteroatoms. The third kappa shape index (κ3) is 3.39. The second-order valence-electron chi connectivity index (χ2n) is 3.96. The quantitative estimate of drug-likeness (QED) is 0.510. The summed E-state index contributed by atoms with van der Waals surface area (Å²) in [4.78, 5) is 21.7. The molecule has 86 valence electrons. The number of nitrogens with one attached hydrogen (secondary N) is 2. The zero-order chi connectivity index (χ0) is 11.4. The molecule has 0 spiro atoms. The number of hydrogen-bond acceptors (Lipinski definition) is 3. The summed E-state index contributed by atoms with van der Waals surface area (Å²) in [6.45, 7) is 1.48. The van der Waals surface area contributed by atoms with Crippen molar-refractivity contribution in [2.45, 2.75) is 31.8 Å². The van der Waals surface area contributed by atoms with Crippen LogP contribution in [0.4, 0.5) is 4.79 Å². The van der Waals surface area contributed by atoms with Gasteiger partial charge in [-0.2, -0.15) is 0 Å². The lowest BCUT2D eigenvalue weighted by Crippen LogP contribution is -2.53. The minimum absolute atomic E-state index is 0.133. The molecule has 2 amide bonds. The first-order valence-electron chi connectivity index (χ1n) is 4.93. The number of aliphatic hydroxyl groups is 1. The van der Waals surface area contributed by atoms with E-state index in [4.69, 9.17) is 10.2 Å². The lowest BCUT2D eigenvalue weighted by atomic mass is 9.82. The van der Waals surface area contributed by atoms with Crippen molar-refractivity contribution in [3.8, 4) is 0 Å². The van der Waals surface area contributed by atoms with E-state index in [0.717, 1.165) is 12.8 Å². The summed E-state index contributed by atoms with van der Waals surface area (Å²) in [5.74, 6) is -0.627. The fraction of sp³-hybridized carbons (Fsp3) is 0.778. The van der Waals surface area contributed by atoms with Crippen molar-refractivity contribution < 1.29 is 19.8 Å². The Bertz CT molecular complexity index is 250. The van der Waals surface area contributed by atoms with Gasteiger partial charge in [-0.15, -0.1) is 0 Å². The molecule has 0 saturated heterocycles. The van der Waals surface area contributed by atoms with Gasteiger partial charge in [0.15, 0.2) is 6.04 Å². The van der Waals surface area contributed by atoms with Crippen molar-refractivity contribution in [1.29, 1.82) is 0 Å². The normalized spacial score (nSPS) is 26.3. The number of amides is 2. The van der Waals surface area contributed by atoms with Crippen LogP contribution in [0, 0.1) is 5.92 Å². The predicted octanol–water partition coefficient (Wildman–Crippen LogP) is -0.470. The van der Waals surface area contributed by atoms with E-state index < -0.39 is 24.6 Å². The van der Waals surface area contributed by atoms with E-state index in [-0.39, 0.29) is 6.04 Å². The average Bonchev–Trinajstić information content (AvgIpc) is 2.11. The molecule has 0 aromatic carbocycles. The van der Waals surface area contributed by atoms with Gasteiger partial charge in [0.1, 0.15) is 0 Å². The Balaban J connectivity index is 2.25. The minimum Gasteiger partial charge on any atom is -0.480 e. The van der Waals surface area contributed by atoms with Crippen molar-refractivity contribution in [1.82, 2.24) is 10.6 Å². The van der Waals surface area contributed by atoms with Gasteiger partial charge in [0.05, 0.1) is 6.61 Å². The van der Waals surface area contributed by atoms with Gasteiger partial charge in [0.25, 0.3) is 0 Å². The van der Waals surface area contributed by atoms with Crippen molar-refractivity contribution in [3.63, 3.8) is 0 Å². The van der Waals surface area contributed by atoms with Crippen LogP contribution >= 0.6 is 0 Å². The van der Waals surface area contributed by atoms with Crippen LogP contribution in [-0.2, 0) is 4.79 Å². The number of rotatable bonds is 4. The summed E-state index contributed by atoms with van der Waals surface area (Å²) in [5, 5.41) is 22.1. The summed E-state index contributed by atoms with van der Waals surface area (Å²) < 4.78 is 0. The summed E-state index contributed by atoms with van der Waals surface area (Å²) in [6.07, 6.45) is 1.84. The molecule has 0 aromatic rings. The van der Waals surface area contributed by atoms with E-state index in [0.29, 0.717) is 5.92 Å². The number of carbonyl (C=O) groups is 2. The van der Waals surface area contributed by atoms with Gasteiger partial charge in [-0.3, -0.25) is 0 Å². The number of carboxylic acid groups (broad SMARTS) is 1. The van der Waals surface area contributed by atoms with Crippen LogP contribution in [0.15, 0.2) is 0 Å². The molecule has 1 fully saturated rings. The Morgan fingerprint density at radius 3 is 2.47 bits per heavy atom. The maximum atomic E-state index is 11.2. The number of aliphatic hydroxyl groups excluding tert-OH is 1. The van der Waals surface area contributed by atoms with E-state index in [2.05, 4.69) is 17.6 Å². The maximum absolute atomic E-state index is 11.2. The summed E-state index contributed by atoms with van der Waals surface area (Å²) >= 11 is 0. The third-order valence-electron chi connectivity index (χ3n) is 2.49. The van der Waals surface area contributed by atoms with Gasteiger partial charge >= 0.3 is 12.0 Å². The molecule has 0 radical (unpaired) electrons. The summed E-state index contributed by atoms with van der Waals surface area (Å²) in [5.41, 5.74) is 0. The largest absolute Gasteiger partial charge is 0.480 e. The minimum atomic E-state index is -1.24. The molecule has 1 atom stereocenters. The molecule has 1 aliphatic carbocycles. The van der Waals surface area contributed by atoms with Crippen LogP contribution in [-0.4, -0.2) is 40.9 Å². The molecule has 1 rings (SSSR count). The standard InChI is InChI=1S/C9H16N2O4/c1-5-2-6(3-5)10-9(15)11-7(4-12)8(13)14/h5-7,12H,2-4H2,1H3,(H,13,14)(H2,10,11,15). The topological polar surface area (TPSA) is 98.7 Å². The van der Waals surface area contributed by atoms with Crippen LogP contribution in [0.3, 0.4) is 0 Å². The molecule has 1 saturated carbocycles. The second kappa shape index (κ2) is 4.97. The van der Waals surface area contributed by atoms with Gasteiger partial charge in [0, 0.05) is 6.04 Å². The highest BCUT2D eigenvalue weighted by Crippen LogP contribution is 2.25. The Hall–Kier alpha value is -1.30. The maximum Gasteiger partial charge on any atom is 0.328 e. The SMILES string of the molecule is CC1CC(NC(=O)NC(CO)C(=O)O)C1. The molecule has 15 heavy (non-hydrogen) atoms. The van der Waals surface area contributed by atoms with Gasteiger partial charge in [-0.1, -0.05) is 6.92 Å².